The van der Waals surface area contributed by atoms with E-state index in [1.54, 1.807) is 11.3 Å². The predicted octanol–water partition coefficient (Wildman–Crippen LogP) is 1.22. The molecule has 3 nitrogen and oxygen atoms in total. The molecule has 1 saturated heterocycles. The number of rotatable bonds is 2. The molecule has 1 aromatic heterocycles. The molecule has 0 amide bonds. The molecule has 0 spiro atoms. The van der Waals surface area contributed by atoms with Crippen molar-refractivity contribution in [1.29, 1.82) is 0 Å². The van der Waals surface area contributed by atoms with E-state index in [1.165, 1.54) is 12.0 Å². The summed E-state index contributed by atoms with van der Waals surface area (Å²) in [4.78, 5) is 12.4. The molecule has 13 heavy (non-hydrogen) atoms. The van der Waals surface area contributed by atoms with Gasteiger partial charge in [0.05, 0.1) is 12.7 Å². The first-order valence-corrected chi connectivity index (χ1v) is 5.06. The number of methoxy groups -OCH3 is 1. The van der Waals surface area contributed by atoms with Crippen molar-refractivity contribution in [2.75, 3.05) is 20.2 Å². The predicted molar refractivity (Wildman–Crippen MR) is 51.3 cm³/mol. The highest BCUT2D eigenvalue weighted by Gasteiger charge is 2.21. The van der Waals surface area contributed by atoms with E-state index in [-0.39, 0.29) is 5.97 Å². The van der Waals surface area contributed by atoms with E-state index in [9.17, 15) is 4.79 Å². The molecule has 0 bridgehead atoms. The Morgan fingerprint density at radius 2 is 2.46 bits per heavy atom. The average Bonchev–Trinajstić information content (AvgIpc) is 2.49. The van der Waals surface area contributed by atoms with Crippen molar-refractivity contribution in [3.05, 3.63) is 21.9 Å². The minimum absolute atomic E-state index is 0.241. The second-order valence-corrected chi connectivity index (χ2v) is 4.03. The van der Waals surface area contributed by atoms with Crippen LogP contribution in [0.2, 0.25) is 0 Å². The van der Waals surface area contributed by atoms with Gasteiger partial charge in [-0.1, -0.05) is 0 Å². The van der Waals surface area contributed by atoms with Gasteiger partial charge >= 0.3 is 5.97 Å². The van der Waals surface area contributed by atoms with Crippen molar-refractivity contribution in [3.8, 4) is 0 Å². The van der Waals surface area contributed by atoms with Crippen molar-refractivity contribution in [1.82, 2.24) is 5.32 Å². The fourth-order valence-electron chi connectivity index (χ4n) is 1.28. The molecule has 0 atom stereocenters. The molecular formula is C9H11NO2S. The van der Waals surface area contributed by atoms with Crippen LogP contribution in [0.15, 0.2) is 11.4 Å². The van der Waals surface area contributed by atoms with Gasteiger partial charge in [-0.2, -0.15) is 0 Å². The summed E-state index contributed by atoms with van der Waals surface area (Å²) < 4.78 is 4.63. The summed E-state index contributed by atoms with van der Waals surface area (Å²) in [5.41, 5.74) is 0.675. The summed E-state index contributed by atoms with van der Waals surface area (Å²) in [5, 5.41) is 5.06. The highest BCUT2D eigenvalue weighted by atomic mass is 32.1. The molecule has 2 heterocycles. The Kier molecular flexibility index (Phi) is 2.33. The highest BCUT2D eigenvalue weighted by Crippen LogP contribution is 2.26. The van der Waals surface area contributed by atoms with Gasteiger partial charge in [0, 0.05) is 29.3 Å². The number of hydrogen-bond donors (Lipinski definition) is 1. The van der Waals surface area contributed by atoms with Gasteiger partial charge in [-0.25, -0.2) is 4.79 Å². The quantitative estimate of drug-likeness (QED) is 0.724. The molecule has 0 saturated carbocycles. The Morgan fingerprint density at radius 1 is 1.69 bits per heavy atom. The van der Waals surface area contributed by atoms with Crippen LogP contribution in [0.4, 0.5) is 0 Å². The molecule has 2 rings (SSSR count). The van der Waals surface area contributed by atoms with Gasteiger partial charge in [-0.05, 0) is 6.07 Å². The molecule has 0 aliphatic carbocycles. The van der Waals surface area contributed by atoms with Crippen LogP contribution < -0.4 is 5.32 Å². The first kappa shape index (κ1) is 8.72. The Hall–Kier alpha value is -0.870. The fourth-order valence-corrected chi connectivity index (χ4v) is 2.26. The van der Waals surface area contributed by atoms with Crippen LogP contribution in [0.25, 0.3) is 0 Å². The molecule has 1 aliphatic rings. The molecule has 1 aromatic rings. The van der Waals surface area contributed by atoms with Crippen molar-refractivity contribution in [3.63, 3.8) is 0 Å². The molecule has 4 heteroatoms. The molecular weight excluding hydrogens is 186 g/mol. The zero-order valence-electron chi connectivity index (χ0n) is 7.37. The summed E-state index contributed by atoms with van der Waals surface area (Å²) in [7, 11) is 1.41. The van der Waals surface area contributed by atoms with E-state index in [4.69, 9.17) is 0 Å². The minimum Gasteiger partial charge on any atom is -0.465 e. The van der Waals surface area contributed by atoms with E-state index >= 15 is 0 Å². The van der Waals surface area contributed by atoms with Gasteiger partial charge in [0.25, 0.3) is 0 Å². The lowest BCUT2D eigenvalue weighted by atomic mass is 10.0. The highest BCUT2D eigenvalue weighted by molar-refractivity contribution is 7.10. The Morgan fingerprint density at radius 3 is 3.00 bits per heavy atom. The third-order valence-corrected chi connectivity index (χ3v) is 3.32. The van der Waals surface area contributed by atoms with Crippen LogP contribution in [0, 0.1) is 0 Å². The first-order chi connectivity index (χ1) is 6.31. The van der Waals surface area contributed by atoms with Crippen molar-refractivity contribution >= 4 is 17.3 Å². The molecule has 70 valence electrons. The molecule has 1 N–H and O–H groups in total. The Bertz CT molecular complexity index is 317. The minimum atomic E-state index is -0.241. The fraction of sp³-hybridized carbons (Fsp3) is 0.444. The van der Waals surface area contributed by atoms with E-state index in [1.807, 2.05) is 11.4 Å². The molecule has 0 unspecified atom stereocenters. The maximum atomic E-state index is 11.1. The van der Waals surface area contributed by atoms with Crippen LogP contribution in [-0.2, 0) is 4.74 Å². The van der Waals surface area contributed by atoms with Gasteiger partial charge in [0.1, 0.15) is 0 Å². The lowest BCUT2D eigenvalue weighted by Crippen LogP contribution is -2.39. The lowest BCUT2D eigenvalue weighted by Gasteiger charge is -2.25. The standard InChI is InChI=1S/C9H11NO2S/c1-12-9(11)6-2-8(13-5-6)7-3-10-4-7/h2,5,7,10H,3-4H2,1H3. The maximum absolute atomic E-state index is 11.1. The zero-order valence-corrected chi connectivity index (χ0v) is 8.19. The van der Waals surface area contributed by atoms with Crippen molar-refractivity contribution in [2.24, 2.45) is 0 Å². The van der Waals surface area contributed by atoms with Gasteiger partial charge in [-0.3, -0.25) is 0 Å². The number of carbonyl (C=O) groups is 1. The smallest absolute Gasteiger partial charge is 0.338 e. The Balaban J connectivity index is 2.12. The monoisotopic (exact) mass is 197 g/mol. The van der Waals surface area contributed by atoms with Gasteiger partial charge < -0.3 is 10.1 Å². The second kappa shape index (κ2) is 3.47. The van der Waals surface area contributed by atoms with E-state index < -0.39 is 0 Å². The number of nitrogens with one attached hydrogen (secondary N) is 1. The van der Waals surface area contributed by atoms with Gasteiger partial charge in [-0.15, -0.1) is 11.3 Å². The number of hydrogen-bond acceptors (Lipinski definition) is 4. The molecule has 0 aromatic carbocycles. The summed E-state index contributed by atoms with van der Waals surface area (Å²) in [6.07, 6.45) is 0. The molecule has 1 fully saturated rings. The van der Waals surface area contributed by atoms with Crippen molar-refractivity contribution < 1.29 is 9.53 Å². The molecule has 1 aliphatic heterocycles. The SMILES string of the molecule is COC(=O)c1csc(C2CNC2)c1. The summed E-state index contributed by atoms with van der Waals surface area (Å²) in [5.74, 6) is 0.359. The van der Waals surface area contributed by atoms with Crippen molar-refractivity contribution in [2.45, 2.75) is 5.92 Å². The lowest BCUT2D eigenvalue weighted by molar-refractivity contribution is 0.0601. The normalized spacial score (nSPS) is 16.7. The van der Waals surface area contributed by atoms with Gasteiger partial charge in [0.2, 0.25) is 0 Å². The van der Waals surface area contributed by atoms with Crippen LogP contribution in [0.3, 0.4) is 0 Å². The average molecular weight is 197 g/mol. The van der Waals surface area contributed by atoms with Crippen LogP contribution in [0.1, 0.15) is 21.2 Å². The van der Waals surface area contributed by atoms with E-state index in [0.717, 1.165) is 13.1 Å². The largest absolute Gasteiger partial charge is 0.465 e. The number of ether oxygens (including phenoxy) is 1. The summed E-state index contributed by atoms with van der Waals surface area (Å²) >= 11 is 1.64. The van der Waals surface area contributed by atoms with E-state index in [2.05, 4.69) is 10.1 Å². The van der Waals surface area contributed by atoms with Crippen LogP contribution in [-0.4, -0.2) is 26.2 Å². The maximum Gasteiger partial charge on any atom is 0.338 e. The first-order valence-electron chi connectivity index (χ1n) is 4.18. The number of carbonyl (C=O) groups excluding carboxylic acids is 1. The summed E-state index contributed by atoms with van der Waals surface area (Å²) in [6, 6.07) is 1.93. The third kappa shape index (κ3) is 1.59. The number of thiophene rings is 1. The van der Waals surface area contributed by atoms with Gasteiger partial charge in [0.15, 0.2) is 0 Å². The van der Waals surface area contributed by atoms with E-state index in [0.29, 0.717) is 11.5 Å². The molecule has 0 radical (unpaired) electrons. The topological polar surface area (TPSA) is 38.3 Å². The van der Waals surface area contributed by atoms with Crippen LogP contribution >= 0.6 is 11.3 Å². The number of esters is 1. The summed E-state index contributed by atoms with van der Waals surface area (Å²) in [6.45, 7) is 2.06. The third-order valence-electron chi connectivity index (χ3n) is 2.22. The second-order valence-electron chi connectivity index (χ2n) is 3.08. The zero-order chi connectivity index (χ0) is 9.26. The Labute approximate surface area is 80.7 Å². The van der Waals surface area contributed by atoms with Crippen LogP contribution in [0.5, 0.6) is 0 Å².